The third-order valence-corrected chi connectivity index (χ3v) is 3.06. The van der Waals surface area contributed by atoms with Gasteiger partial charge in [0.15, 0.2) is 0 Å². The second-order valence-electron chi connectivity index (χ2n) is 4.35. The minimum absolute atomic E-state index is 0.188. The van der Waals surface area contributed by atoms with Gasteiger partial charge in [-0.1, -0.05) is 0 Å². The lowest BCUT2D eigenvalue weighted by Crippen LogP contribution is -2.53. The number of hydrogen-bond donors (Lipinski definition) is 2. The number of likely N-dealkylation sites (N-methyl/N-ethyl adjacent to an activating group) is 2. The average molecular weight is 243 g/mol. The molecule has 0 saturated carbocycles. The van der Waals surface area contributed by atoms with Crippen LogP contribution in [0.15, 0.2) is 0 Å². The van der Waals surface area contributed by atoms with Crippen LogP contribution in [0.5, 0.6) is 0 Å². The van der Waals surface area contributed by atoms with Crippen LogP contribution in [0.4, 0.5) is 4.79 Å². The number of aliphatic carboxylic acids is 1. The highest BCUT2D eigenvalue weighted by atomic mass is 16.4. The second kappa shape index (κ2) is 6.44. The quantitative estimate of drug-likeness (QED) is 0.739. The van der Waals surface area contributed by atoms with E-state index in [0.717, 1.165) is 12.8 Å². The highest BCUT2D eigenvalue weighted by molar-refractivity contribution is 5.82. The summed E-state index contributed by atoms with van der Waals surface area (Å²) in [5, 5.41) is 12.1. The third-order valence-electron chi connectivity index (χ3n) is 3.06. The average Bonchev–Trinajstić information content (AvgIpc) is 2.34. The van der Waals surface area contributed by atoms with Crippen molar-refractivity contribution in [1.29, 1.82) is 0 Å². The SMILES string of the molecule is CNCCN(C)C(=O)N1CCCCC1C(=O)O. The van der Waals surface area contributed by atoms with Gasteiger partial charge in [0.25, 0.3) is 0 Å². The number of amides is 2. The van der Waals surface area contributed by atoms with E-state index in [1.165, 1.54) is 4.90 Å². The molecule has 98 valence electrons. The Labute approximate surface area is 102 Å². The van der Waals surface area contributed by atoms with E-state index < -0.39 is 12.0 Å². The molecule has 1 aliphatic rings. The Hall–Kier alpha value is -1.30. The lowest BCUT2D eigenvalue weighted by atomic mass is 10.0. The van der Waals surface area contributed by atoms with Gasteiger partial charge in [0.2, 0.25) is 0 Å². The molecule has 1 saturated heterocycles. The molecule has 6 nitrogen and oxygen atoms in total. The Morgan fingerprint density at radius 3 is 2.76 bits per heavy atom. The number of rotatable bonds is 4. The van der Waals surface area contributed by atoms with Gasteiger partial charge in [0.1, 0.15) is 6.04 Å². The Bertz CT molecular complexity index is 283. The molecule has 0 radical (unpaired) electrons. The van der Waals surface area contributed by atoms with Crippen LogP contribution in [0.1, 0.15) is 19.3 Å². The van der Waals surface area contributed by atoms with E-state index in [4.69, 9.17) is 5.11 Å². The van der Waals surface area contributed by atoms with Crippen LogP contribution in [0.2, 0.25) is 0 Å². The van der Waals surface area contributed by atoms with Crippen molar-refractivity contribution in [1.82, 2.24) is 15.1 Å². The molecule has 0 bridgehead atoms. The minimum Gasteiger partial charge on any atom is -0.480 e. The molecular formula is C11H21N3O3. The molecule has 2 amide bonds. The predicted molar refractivity (Wildman–Crippen MR) is 63.9 cm³/mol. The minimum atomic E-state index is -0.903. The molecule has 17 heavy (non-hydrogen) atoms. The normalized spacial score (nSPS) is 20.1. The molecule has 6 heteroatoms. The highest BCUT2D eigenvalue weighted by Crippen LogP contribution is 2.18. The molecule has 1 rings (SSSR count). The van der Waals surface area contributed by atoms with Crippen LogP contribution in [0.25, 0.3) is 0 Å². The Morgan fingerprint density at radius 1 is 1.47 bits per heavy atom. The van der Waals surface area contributed by atoms with E-state index >= 15 is 0 Å². The first kappa shape index (κ1) is 13.8. The zero-order valence-electron chi connectivity index (χ0n) is 10.5. The van der Waals surface area contributed by atoms with E-state index in [2.05, 4.69) is 5.32 Å². The fourth-order valence-corrected chi connectivity index (χ4v) is 2.01. The second-order valence-corrected chi connectivity index (χ2v) is 4.35. The number of carboxylic acids is 1. The molecule has 2 N–H and O–H groups in total. The van der Waals surface area contributed by atoms with E-state index in [1.807, 2.05) is 7.05 Å². The van der Waals surface area contributed by atoms with Gasteiger partial charge in [-0.15, -0.1) is 0 Å². The van der Waals surface area contributed by atoms with E-state index in [-0.39, 0.29) is 6.03 Å². The summed E-state index contributed by atoms with van der Waals surface area (Å²) < 4.78 is 0. The molecular weight excluding hydrogens is 222 g/mol. The summed E-state index contributed by atoms with van der Waals surface area (Å²) in [6.07, 6.45) is 2.32. The van der Waals surface area contributed by atoms with Gasteiger partial charge in [-0.2, -0.15) is 0 Å². The van der Waals surface area contributed by atoms with Crippen molar-refractivity contribution >= 4 is 12.0 Å². The van der Waals surface area contributed by atoms with Crippen molar-refractivity contribution in [3.05, 3.63) is 0 Å². The predicted octanol–water partition coefficient (Wildman–Crippen LogP) is 0.197. The molecule has 0 aromatic heterocycles. The summed E-state index contributed by atoms with van der Waals surface area (Å²) in [6, 6.07) is -0.847. The maximum absolute atomic E-state index is 12.1. The van der Waals surface area contributed by atoms with Gasteiger partial charge >= 0.3 is 12.0 Å². The fourth-order valence-electron chi connectivity index (χ4n) is 2.01. The standard InChI is InChI=1S/C11H21N3O3/c1-12-6-8-13(2)11(17)14-7-4-3-5-9(14)10(15)16/h9,12H,3-8H2,1-2H3,(H,15,16). The number of carboxylic acid groups (broad SMARTS) is 1. The van der Waals surface area contributed by atoms with Gasteiger partial charge in [-0.25, -0.2) is 9.59 Å². The molecule has 0 aliphatic carbocycles. The summed E-state index contributed by atoms with van der Waals surface area (Å²) in [7, 11) is 3.52. The first-order valence-electron chi connectivity index (χ1n) is 5.97. The number of hydrogen-bond acceptors (Lipinski definition) is 3. The molecule has 0 aromatic rings. The number of urea groups is 1. The summed E-state index contributed by atoms with van der Waals surface area (Å²) in [6.45, 7) is 1.83. The number of piperidine rings is 1. The van der Waals surface area contributed by atoms with Crippen molar-refractivity contribution in [2.75, 3.05) is 33.7 Å². The monoisotopic (exact) mass is 243 g/mol. The lowest BCUT2D eigenvalue weighted by molar-refractivity contribution is -0.143. The van der Waals surface area contributed by atoms with Crippen LogP contribution in [0.3, 0.4) is 0 Å². The largest absolute Gasteiger partial charge is 0.480 e. The topological polar surface area (TPSA) is 72.9 Å². The number of carbonyl (C=O) groups excluding carboxylic acids is 1. The van der Waals surface area contributed by atoms with Gasteiger partial charge in [-0.3, -0.25) is 0 Å². The Morgan fingerprint density at radius 2 is 2.18 bits per heavy atom. The molecule has 1 atom stereocenters. The highest BCUT2D eigenvalue weighted by Gasteiger charge is 2.33. The number of nitrogens with zero attached hydrogens (tertiary/aromatic N) is 2. The first-order valence-corrected chi connectivity index (χ1v) is 5.97. The molecule has 1 fully saturated rings. The van der Waals surface area contributed by atoms with E-state index in [1.54, 1.807) is 11.9 Å². The zero-order chi connectivity index (χ0) is 12.8. The summed E-state index contributed by atoms with van der Waals surface area (Å²) in [4.78, 5) is 26.2. The van der Waals surface area contributed by atoms with E-state index in [0.29, 0.717) is 26.1 Å². The van der Waals surface area contributed by atoms with Crippen molar-refractivity contribution in [2.45, 2.75) is 25.3 Å². The Kier molecular flexibility index (Phi) is 5.21. The van der Waals surface area contributed by atoms with Crippen LogP contribution < -0.4 is 5.32 Å². The molecule has 1 heterocycles. The van der Waals surface area contributed by atoms with Crippen molar-refractivity contribution < 1.29 is 14.7 Å². The summed E-state index contributed by atoms with van der Waals surface area (Å²) in [5.74, 6) is -0.903. The summed E-state index contributed by atoms with van der Waals surface area (Å²) >= 11 is 0. The Balaban J connectivity index is 2.61. The lowest BCUT2D eigenvalue weighted by Gasteiger charge is -2.35. The van der Waals surface area contributed by atoms with Crippen molar-refractivity contribution in [2.24, 2.45) is 0 Å². The van der Waals surface area contributed by atoms with Crippen molar-refractivity contribution in [3.63, 3.8) is 0 Å². The first-order chi connectivity index (χ1) is 8.07. The summed E-state index contributed by atoms with van der Waals surface area (Å²) in [5.41, 5.74) is 0. The van der Waals surface area contributed by atoms with Crippen LogP contribution >= 0.6 is 0 Å². The fraction of sp³-hybridized carbons (Fsp3) is 0.818. The number of likely N-dealkylation sites (tertiary alicyclic amines) is 1. The van der Waals surface area contributed by atoms with Gasteiger partial charge < -0.3 is 20.2 Å². The maximum atomic E-state index is 12.1. The third kappa shape index (κ3) is 3.59. The molecule has 1 aliphatic heterocycles. The van der Waals surface area contributed by atoms with Crippen LogP contribution in [-0.2, 0) is 4.79 Å². The zero-order valence-corrected chi connectivity index (χ0v) is 10.5. The maximum Gasteiger partial charge on any atom is 0.326 e. The van der Waals surface area contributed by atoms with Gasteiger partial charge in [0.05, 0.1) is 0 Å². The molecule has 0 aromatic carbocycles. The molecule has 0 spiro atoms. The van der Waals surface area contributed by atoms with Crippen LogP contribution in [0, 0.1) is 0 Å². The number of carbonyl (C=O) groups is 2. The van der Waals surface area contributed by atoms with Crippen molar-refractivity contribution in [3.8, 4) is 0 Å². The van der Waals surface area contributed by atoms with E-state index in [9.17, 15) is 9.59 Å². The molecule has 1 unspecified atom stereocenters. The van der Waals surface area contributed by atoms with Gasteiger partial charge in [0, 0.05) is 26.7 Å². The number of nitrogens with one attached hydrogen (secondary N) is 1. The van der Waals surface area contributed by atoms with Crippen LogP contribution in [-0.4, -0.2) is 66.7 Å². The van der Waals surface area contributed by atoms with Gasteiger partial charge in [-0.05, 0) is 26.3 Å². The smallest absolute Gasteiger partial charge is 0.326 e.